The van der Waals surface area contributed by atoms with Gasteiger partial charge in [-0.2, -0.15) is 0 Å². The van der Waals surface area contributed by atoms with Crippen LogP contribution in [0, 0.1) is 13.8 Å². The predicted molar refractivity (Wildman–Crippen MR) is 84.5 cm³/mol. The molecule has 3 rings (SSSR count). The molecular formula is C18H18N2. The molecule has 2 heteroatoms. The maximum atomic E-state index is 5.84. The monoisotopic (exact) mass is 262 g/mol. The Balaban J connectivity index is 2.39. The first-order chi connectivity index (χ1) is 9.70. The van der Waals surface area contributed by atoms with Gasteiger partial charge in [-0.1, -0.05) is 54.1 Å². The molecule has 0 radical (unpaired) electrons. The average molecular weight is 262 g/mol. The van der Waals surface area contributed by atoms with Gasteiger partial charge < -0.3 is 5.73 Å². The summed E-state index contributed by atoms with van der Waals surface area (Å²) in [6.07, 6.45) is 0. The Morgan fingerprint density at radius 2 is 1.70 bits per heavy atom. The van der Waals surface area contributed by atoms with Gasteiger partial charge in [0.15, 0.2) is 0 Å². The highest BCUT2D eigenvalue weighted by molar-refractivity contribution is 5.98. The van der Waals surface area contributed by atoms with Crippen molar-refractivity contribution in [3.8, 4) is 11.1 Å². The minimum atomic E-state index is 0.468. The number of aromatic nitrogens is 1. The lowest BCUT2D eigenvalue weighted by atomic mass is 9.95. The number of hydrogen-bond donors (Lipinski definition) is 1. The zero-order valence-electron chi connectivity index (χ0n) is 11.9. The van der Waals surface area contributed by atoms with Crippen molar-refractivity contribution >= 4 is 10.8 Å². The van der Waals surface area contributed by atoms with Crippen molar-refractivity contribution in [3.05, 3.63) is 65.5 Å². The molecule has 0 aliphatic carbocycles. The van der Waals surface area contributed by atoms with E-state index in [1.54, 1.807) is 0 Å². The highest BCUT2D eigenvalue weighted by Crippen LogP contribution is 2.32. The fourth-order valence-electron chi connectivity index (χ4n) is 2.79. The summed E-state index contributed by atoms with van der Waals surface area (Å²) in [4.78, 5) is 4.70. The van der Waals surface area contributed by atoms with Crippen LogP contribution < -0.4 is 5.73 Å². The Morgan fingerprint density at radius 3 is 2.40 bits per heavy atom. The van der Waals surface area contributed by atoms with Crippen molar-refractivity contribution in [3.63, 3.8) is 0 Å². The van der Waals surface area contributed by atoms with Crippen molar-refractivity contribution in [2.75, 3.05) is 0 Å². The first-order valence-corrected chi connectivity index (χ1v) is 6.86. The topological polar surface area (TPSA) is 38.9 Å². The Hall–Kier alpha value is -2.19. The van der Waals surface area contributed by atoms with Gasteiger partial charge in [0, 0.05) is 23.2 Å². The normalized spacial score (nSPS) is 10.9. The maximum absolute atomic E-state index is 5.84. The molecule has 0 saturated carbocycles. The molecular weight excluding hydrogens is 244 g/mol. The molecule has 20 heavy (non-hydrogen) atoms. The van der Waals surface area contributed by atoms with E-state index in [9.17, 15) is 0 Å². The quantitative estimate of drug-likeness (QED) is 0.758. The lowest BCUT2D eigenvalue weighted by molar-refractivity contribution is 0.989. The van der Waals surface area contributed by atoms with Crippen LogP contribution in [0.15, 0.2) is 48.5 Å². The van der Waals surface area contributed by atoms with E-state index in [1.807, 2.05) is 6.07 Å². The highest BCUT2D eigenvalue weighted by atomic mass is 14.7. The molecule has 0 spiro atoms. The van der Waals surface area contributed by atoms with Crippen LogP contribution in [0.4, 0.5) is 0 Å². The molecule has 0 bridgehead atoms. The minimum absolute atomic E-state index is 0.468. The van der Waals surface area contributed by atoms with E-state index < -0.39 is 0 Å². The molecule has 1 heterocycles. The smallest absolute Gasteiger partial charge is 0.0621 e. The second-order valence-electron chi connectivity index (χ2n) is 5.14. The number of benzene rings is 2. The predicted octanol–water partition coefficient (Wildman–Crippen LogP) is 3.98. The number of aryl methyl sites for hydroxylation is 2. The standard InChI is InChI=1S/C18H18N2/c1-12-6-5-7-14(10-12)18-13(2)20-17(11-19)15-8-3-4-9-16(15)18/h3-10H,11,19H2,1-2H3. The molecule has 0 amide bonds. The minimum Gasteiger partial charge on any atom is -0.325 e. The molecule has 0 aliphatic heterocycles. The van der Waals surface area contributed by atoms with Crippen molar-refractivity contribution < 1.29 is 0 Å². The van der Waals surface area contributed by atoms with Crippen LogP contribution >= 0.6 is 0 Å². The van der Waals surface area contributed by atoms with Crippen molar-refractivity contribution in [1.82, 2.24) is 4.98 Å². The summed E-state index contributed by atoms with van der Waals surface area (Å²) in [6, 6.07) is 16.9. The second-order valence-corrected chi connectivity index (χ2v) is 5.14. The first-order valence-electron chi connectivity index (χ1n) is 6.86. The lowest BCUT2D eigenvalue weighted by Gasteiger charge is -2.13. The summed E-state index contributed by atoms with van der Waals surface area (Å²) in [5.41, 5.74) is 11.5. The fourth-order valence-corrected chi connectivity index (χ4v) is 2.79. The summed E-state index contributed by atoms with van der Waals surface area (Å²) in [5.74, 6) is 0. The Kier molecular flexibility index (Phi) is 3.25. The van der Waals surface area contributed by atoms with E-state index >= 15 is 0 Å². The number of pyridine rings is 1. The Bertz CT molecular complexity index is 775. The van der Waals surface area contributed by atoms with E-state index in [2.05, 4.69) is 56.3 Å². The molecule has 2 nitrogen and oxygen atoms in total. The van der Waals surface area contributed by atoms with Gasteiger partial charge in [-0.25, -0.2) is 0 Å². The molecule has 3 aromatic rings. The Morgan fingerprint density at radius 1 is 0.950 bits per heavy atom. The van der Waals surface area contributed by atoms with Crippen LogP contribution in [0.2, 0.25) is 0 Å². The van der Waals surface area contributed by atoms with Crippen molar-refractivity contribution in [2.45, 2.75) is 20.4 Å². The van der Waals surface area contributed by atoms with Gasteiger partial charge in [-0.05, 0) is 24.8 Å². The van der Waals surface area contributed by atoms with Gasteiger partial charge in [-0.3, -0.25) is 4.98 Å². The van der Waals surface area contributed by atoms with E-state index in [0.717, 1.165) is 16.8 Å². The number of nitrogens with two attached hydrogens (primary N) is 1. The molecule has 0 atom stereocenters. The molecule has 1 aromatic heterocycles. The maximum Gasteiger partial charge on any atom is 0.0621 e. The van der Waals surface area contributed by atoms with E-state index in [0.29, 0.717) is 6.54 Å². The third kappa shape index (κ3) is 2.08. The zero-order chi connectivity index (χ0) is 14.1. The molecule has 0 fully saturated rings. The summed E-state index contributed by atoms with van der Waals surface area (Å²) >= 11 is 0. The average Bonchev–Trinajstić information content (AvgIpc) is 2.46. The number of rotatable bonds is 2. The van der Waals surface area contributed by atoms with Crippen LogP contribution in [0.5, 0.6) is 0 Å². The van der Waals surface area contributed by atoms with Crippen LogP contribution in [-0.2, 0) is 6.54 Å². The number of hydrogen-bond acceptors (Lipinski definition) is 2. The van der Waals surface area contributed by atoms with Gasteiger partial charge in [0.1, 0.15) is 0 Å². The van der Waals surface area contributed by atoms with E-state index in [-0.39, 0.29) is 0 Å². The third-order valence-corrected chi connectivity index (χ3v) is 3.67. The van der Waals surface area contributed by atoms with Crippen molar-refractivity contribution in [2.24, 2.45) is 5.73 Å². The zero-order valence-corrected chi connectivity index (χ0v) is 11.9. The van der Waals surface area contributed by atoms with Crippen LogP contribution in [-0.4, -0.2) is 4.98 Å². The first kappa shape index (κ1) is 12.8. The number of fused-ring (bicyclic) bond motifs is 1. The largest absolute Gasteiger partial charge is 0.325 e. The summed E-state index contributed by atoms with van der Waals surface area (Å²) in [5, 5.41) is 2.38. The third-order valence-electron chi connectivity index (χ3n) is 3.67. The fraction of sp³-hybridized carbons (Fsp3) is 0.167. The van der Waals surface area contributed by atoms with Crippen LogP contribution in [0.3, 0.4) is 0 Å². The number of nitrogens with zero attached hydrogens (tertiary/aromatic N) is 1. The van der Waals surface area contributed by atoms with Crippen molar-refractivity contribution in [1.29, 1.82) is 0 Å². The van der Waals surface area contributed by atoms with Gasteiger partial charge in [-0.15, -0.1) is 0 Å². The van der Waals surface area contributed by atoms with Gasteiger partial charge in [0.05, 0.1) is 5.69 Å². The van der Waals surface area contributed by atoms with Gasteiger partial charge in [0.2, 0.25) is 0 Å². The summed E-state index contributed by atoms with van der Waals surface area (Å²) in [7, 11) is 0. The van der Waals surface area contributed by atoms with E-state index in [4.69, 9.17) is 10.7 Å². The molecule has 2 aromatic carbocycles. The van der Waals surface area contributed by atoms with Crippen LogP contribution in [0.1, 0.15) is 17.0 Å². The van der Waals surface area contributed by atoms with E-state index in [1.165, 1.54) is 22.1 Å². The molecule has 100 valence electrons. The van der Waals surface area contributed by atoms with Gasteiger partial charge >= 0.3 is 0 Å². The lowest BCUT2D eigenvalue weighted by Crippen LogP contribution is -2.03. The van der Waals surface area contributed by atoms with Gasteiger partial charge in [0.25, 0.3) is 0 Å². The SMILES string of the molecule is Cc1cccc(-c2c(C)nc(CN)c3ccccc23)c1. The summed E-state index contributed by atoms with van der Waals surface area (Å²) in [6.45, 7) is 4.64. The Labute approximate surface area is 119 Å². The second kappa shape index (κ2) is 5.06. The summed E-state index contributed by atoms with van der Waals surface area (Å²) < 4.78 is 0. The molecule has 0 aliphatic rings. The molecule has 0 saturated heterocycles. The molecule has 0 unspecified atom stereocenters. The highest BCUT2D eigenvalue weighted by Gasteiger charge is 2.11. The van der Waals surface area contributed by atoms with Crippen LogP contribution in [0.25, 0.3) is 21.9 Å². The molecule has 2 N–H and O–H groups in total.